The second-order valence-electron chi connectivity index (χ2n) is 8.08. The van der Waals surface area contributed by atoms with E-state index in [2.05, 4.69) is 82.2 Å². The van der Waals surface area contributed by atoms with E-state index in [9.17, 15) is 4.79 Å². The van der Waals surface area contributed by atoms with Crippen LogP contribution in [0.15, 0.2) is 104 Å². The Morgan fingerprint density at radius 3 is 2.14 bits per heavy atom. The standard InChI is InChI=1S/C17H16N2.C12H11N3O/c1-12-4-3-5-14(10-12)19-17-8-9-18-16-7-6-13(2)11-15(16)17;16-9-14-11-2-1-3-12(8-11)15-10-4-6-13-7-5-10/h3-11H,1-2H3,(H,18,19);1-9H,(H,13,15)(H,14,16). The number of aromatic nitrogens is 2. The Bertz CT molecular complexity index is 1420. The van der Waals surface area contributed by atoms with Gasteiger partial charge in [0, 0.05) is 52.4 Å². The van der Waals surface area contributed by atoms with Gasteiger partial charge in [0.2, 0.25) is 6.41 Å². The van der Waals surface area contributed by atoms with Crippen LogP contribution in [0, 0.1) is 13.8 Å². The quantitative estimate of drug-likeness (QED) is 0.238. The third-order valence-electron chi connectivity index (χ3n) is 5.25. The van der Waals surface area contributed by atoms with E-state index in [1.165, 1.54) is 11.1 Å². The monoisotopic (exact) mass is 461 g/mol. The molecular weight excluding hydrogens is 434 g/mol. The average molecular weight is 462 g/mol. The van der Waals surface area contributed by atoms with E-state index < -0.39 is 0 Å². The van der Waals surface area contributed by atoms with Crippen molar-refractivity contribution in [3.05, 3.63) is 115 Å². The van der Waals surface area contributed by atoms with Crippen LogP contribution in [0.3, 0.4) is 0 Å². The van der Waals surface area contributed by atoms with Crippen LogP contribution >= 0.6 is 0 Å². The molecule has 0 spiro atoms. The molecule has 5 aromatic rings. The van der Waals surface area contributed by atoms with Crippen LogP contribution in [0.5, 0.6) is 0 Å². The summed E-state index contributed by atoms with van der Waals surface area (Å²) in [5.41, 5.74) is 8.34. The van der Waals surface area contributed by atoms with Gasteiger partial charge in [0.05, 0.1) is 5.52 Å². The zero-order valence-electron chi connectivity index (χ0n) is 19.7. The first kappa shape index (κ1) is 23.4. The highest BCUT2D eigenvalue weighted by atomic mass is 16.1. The number of pyridine rings is 2. The Kier molecular flexibility index (Phi) is 7.66. The molecule has 1 amide bonds. The molecule has 3 aromatic carbocycles. The number of carbonyl (C=O) groups is 1. The molecule has 0 unspecified atom stereocenters. The largest absolute Gasteiger partial charge is 0.355 e. The molecule has 0 aliphatic carbocycles. The van der Waals surface area contributed by atoms with Gasteiger partial charge in [-0.1, -0.05) is 29.8 Å². The summed E-state index contributed by atoms with van der Waals surface area (Å²) < 4.78 is 0. The highest BCUT2D eigenvalue weighted by molar-refractivity contribution is 5.93. The van der Waals surface area contributed by atoms with Crippen molar-refractivity contribution in [2.75, 3.05) is 16.0 Å². The van der Waals surface area contributed by atoms with E-state index in [4.69, 9.17) is 0 Å². The SMILES string of the molecule is Cc1cccc(Nc2ccnc3ccc(C)cc23)c1.O=CNc1cccc(Nc2ccncc2)c1. The van der Waals surface area contributed by atoms with E-state index in [1.54, 1.807) is 12.4 Å². The molecule has 0 aliphatic rings. The first-order valence-corrected chi connectivity index (χ1v) is 11.3. The third kappa shape index (κ3) is 6.65. The van der Waals surface area contributed by atoms with Gasteiger partial charge in [-0.25, -0.2) is 0 Å². The molecule has 35 heavy (non-hydrogen) atoms. The first-order chi connectivity index (χ1) is 17.1. The summed E-state index contributed by atoms with van der Waals surface area (Å²) in [7, 11) is 0. The number of anilines is 5. The Labute approximate surface area is 205 Å². The lowest BCUT2D eigenvalue weighted by atomic mass is 10.1. The van der Waals surface area contributed by atoms with Crippen molar-refractivity contribution >= 4 is 45.7 Å². The Morgan fingerprint density at radius 1 is 0.657 bits per heavy atom. The highest BCUT2D eigenvalue weighted by Crippen LogP contribution is 2.26. The number of aryl methyl sites for hydroxylation is 2. The summed E-state index contributed by atoms with van der Waals surface area (Å²) in [4.78, 5) is 18.6. The Balaban J connectivity index is 0.000000168. The number of nitrogens with one attached hydrogen (secondary N) is 3. The van der Waals surface area contributed by atoms with Gasteiger partial charge in [0.1, 0.15) is 0 Å². The smallest absolute Gasteiger partial charge is 0.211 e. The summed E-state index contributed by atoms with van der Waals surface area (Å²) in [6, 6.07) is 27.9. The fourth-order valence-electron chi connectivity index (χ4n) is 3.60. The summed E-state index contributed by atoms with van der Waals surface area (Å²) >= 11 is 0. The molecule has 0 aliphatic heterocycles. The first-order valence-electron chi connectivity index (χ1n) is 11.3. The second kappa shape index (κ2) is 11.4. The van der Waals surface area contributed by atoms with Gasteiger partial charge in [0.25, 0.3) is 0 Å². The van der Waals surface area contributed by atoms with Crippen LogP contribution in [0.2, 0.25) is 0 Å². The van der Waals surface area contributed by atoms with Crippen LogP contribution in [-0.2, 0) is 4.79 Å². The number of hydrogen-bond donors (Lipinski definition) is 3. The molecule has 0 saturated carbocycles. The molecule has 2 heterocycles. The number of nitrogens with zero attached hydrogens (tertiary/aromatic N) is 2. The predicted molar refractivity (Wildman–Crippen MR) is 145 cm³/mol. The number of amides is 1. The summed E-state index contributed by atoms with van der Waals surface area (Å²) in [5.74, 6) is 0. The molecule has 6 heteroatoms. The van der Waals surface area contributed by atoms with Gasteiger partial charge in [-0.3, -0.25) is 14.8 Å². The molecule has 5 rings (SSSR count). The molecule has 3 N–H and O–H groups in total. The minimum Gasteiger partial charge on any atom is -0.355 e. The van der Waals surface area contributed by atoms with Crippen molar-refractivity contribution in [3.8, 4) is 0 Å². The molecule has 0 atom stereocenters. The number of carbonyl (C=O) groups excluding carboxylic acids is 1. The lowest BCUT2D eigenvalue weighted by molar-refractivity contribution is -0.105. The zero-order chi connectivity index (χ0) is 24.5. The normalized spacial score (nSPS) is 10.1. The maximum absolute atomic E-state index is 10.3. The highest BCUT2D eigenvalue weighted by Gasteiger charge is 2.03. The minimum absolute atomic E-state index is 0.658. The minimum atomic E-state index is 0.658. The number of rotatable bonds is 6. The van der Waals surface area contributed by atoms with Crippen LogP contribution in [0.4, 0.5) is 28.4 Å². The van der Waals surface area contributed by atoms with Crippen LogP contribution in [-0.4, -0.2) is 16.4 Å². The molecular formula is C29H27N5O. The molecule has 0 bridgehead atoms. The van der Waals surface area contributed by atoms with E-state index in [-0.39, 0.29) is 0 Å². The van der Waals surface area contributed by atoms with Crippen molar-refractivity contribution in [1.29, 1.82) is 0 Å². The van der Waals surface area contributed by atoms with Gasteiger partial charge >= 0.3 is 0 Å². The van der Waals surface area contributed by atoms with Gasteiger partial charge in [-0.15, -0.1) is 0 Å². The summed E-state index contributed by atoms with van der Waals surface area (Å²) in [6.45, 7) is 4.20. The molecule has 0 radical (unpaired) electrons. The van der Waals surface area contributed by atoms with Crippen molar-refractivity contribution in [3.63, 3.8) is 0 Å². The van der Waals surface area contributed by atoms with E-state index in [0.717, 1.165) is 39.3 Å². The number of hydrogen-bond acceptors (Lipinski definition) is 5. The molecule has 0 saturated heterocycles. The maximum Gasteiger partial charge on any atom is 0.211 e. The van der Waals surface area contributed by atoms with Gasteiger partial charge in [0.15, 0.2) is 0 Å². The van der Waals surface area contributed by atoms with E-state index in [1.807, 2.05) is 48.7 Å². The van der Waals surface area contributed by atoms with Crippen molar-refractivity contribution < 1.29 is 4.79 Å². The lowest BCUT2D eigenvalue weighted by Gasteiger charge is -2.10. The third-order valence-corrected chi connectivity index (χ3v) is 5.25. The fourth-order valence-corrected chi connectivity index (χ4v) is 3.60. The maximum atomic E-state index is 10.3. The molecule has 6 nitrogen and oxygen atoms in total. The summed E-state index contributed by atoms with van der Waals surface area (Å²) in [5, 5.41) is 10.4. The topological polar surface area (TPSA) is 78.9 Å². The van der Waals surface area contributed by atoms with Crippen molar-refractivity contribution in [1.82, 2.24) is 9.97 Å². The Morgan fingerprint density at radius 2 is 1.37 bits per heavy atom. The average Bonchev–Trinajstić information content (AvgIpc) is 2.86. The van der Waals surface area contributed by atoms with Gasteiger partial charge in [-0.2, -0.15) is 0 Å². The van der Waals surface area contributed by atoms with E-state index in [0.29, 0.717) is 6.41 Å². The summed E-state index contributed by atoms with van der Waals surface area (Å²) in [6.07, 6.45) is 5.94. The van der Waals surface area contributed by atoms with Crippen LogP contribution < -0.4 is 16.0 Å². The number of benzene rings is 3. The molecule has 0 fully saturated rings. The van der Waals surface area contributed by atoms with Gasteiger partial charge in [-0.05, 0) is 80.1 Å². The van der Waals surface area contributed by atoms with Crippen molar-refractivity contribution in [2.45, 2.75) is 13.8 Å². The Hall–Kier alpha value is -4.71. The van der Waals surface area contributed by atoms with Crippen LogP contribution in [0.25, 0.3) is 10.9 Å². The lowest BCUT2D eigenvalue weighted by Crippen LogP contribution is -1.95. The molecule has 2 aromatic heterocycles. The van der Waals surface area contributed by atoms with E-state index >= 15 is 0 Å². The fraction of sp³-hybridized carbons (Fsp3) is 0.0690. The number of fused-ring (bicyclic) bond motifs is 1. The zero-order valence-corrected chi connectivity index (χ0v) is 19.7. The van der Waals surface area contributed by atoms with Crippen molar-refractivity contribution in [2.24, 2.45) is 0 Å². The molecule has 174 valence electrons. The predicted octanol–water partition coefficient (Wildman–Crippen LogP) is 6.99. The van der Waals surface area contributed by atoms with Crippen LogP contribution in [0.1, 0.15) is 11.1 Å². The second-order valence-corrected chi connectivity index (χ2v) is 8.08. The van der Waals surface area contributed by atoms with Gasteiger partial charge < -0.3 is 16.0 Å².